The Bertz CT molecular complexity index is 404. The zero-order valence-electron chi connectivity index (χ0n) is 11.2. The van der Waals surface area contributed by atoms with E-state index in [1.54, 1.807) is 0 Å². The van der Waals surface area contributed by atoms with Crippen LogP contribution >= 0.6 is 0 Å². The summed E-state index contributed by atoms with van der Waals surface area (Å²) in [6.07, 6.45) is 2.99. The van der Waals surface area contributed by atoms with Gasteiger partial charge in [0.1, 0.15) is 5.84 Å². The molecule has 0 atom stereocenters. The summed E-state index contributed by atoms with van der Waals surface area (Å²) >= 11 is 0. The fourth-order valence-corrected chi connectivity index (χ4v) is 1.95. The number of nitrogens with one attached hydrogen (secondary N) is 1. The van der Waals surface area contributed by atoms with Crippen LogP contribution in [0.25, 0.3) is 0 Å². The molecule has 0 unspecified atom stereocenters. The first-order valence-electron chi connectivity index (χ1n) is 6.33. The average Bonchev–Trinajstić information content (AvgIpc) is 2.33. The van der Waals surface area contributed by atoms with Crippen molar-refractivity contribution in [2.75, 3.05) is 25.1 Å². The van der Waals surface area contributed by atoms with Crippen molar-refractivity contribution in [1.82, 2.24) is 0 Å². The van der Waals surface area contributed by atoms with Gasteiger partial charge in [-0.25, -0.2) is 0 Å². The van der Waals surface area contributed by atoms with E-state index < -0.39 is 0 Å². The predicted octanol–water partition coefficient (Wildman–Crippen LogP) is 1.88. The van der Waals surface area contributed by atoms with E-state index in [4.69, 9.17) is 16.2 Å². The standard InChI is InChI=1S/C14H23N3O/c1-11-10-12(6-7-13(11)14(15)16)17(2)8-4-3-5-9-18/h6-7,10,18H,3-5,8-9H2,1-2H3,(H3,15,16). The van der Waals surface area contributed by atoms with Gasteiger partial charge >= 0.3 is 0 Å². The SMILES string of the molecule is Cc1cc(N(C)CCCCCO)ccc1C(=N)N. The summed E-state index contributed by atoms with van der Waals surface area (Å²) in [6.45, 7) is 3.22. The van der Waals surface area contributed by atoms with Crippen LogP contribution < -0.4 is 10.6 Å². The molecule has 1 aromatic carbocycles. The van der Waals surface area contributed by atoms with Gasteiger partial charge in [0.25, 0.3) is 0 Å². The maximum absolute atomic E-state index is 8.72. The van der Waals surface area contributed by atoms with Crippen molar-refractivity contribution < 1.29 is 5.11 Å². The quantitative estimate of drug-likeness (QED) is 0.392. The van der Waals surface area contributed by atoms with Crippen LogP contribution in [0.3, 0.4) is 0 Å². The molecule has 0 aromatic heterocycles. The number of aliphatic hydroxyl groups excluding tert-OH is 1. The summed E-state index contributed by atoms with van der Waals surface area (Å²) in [5.41, 5.74) is 8.47. The summed E-state index contributed by atoms with van der Waals surface area (Å²) in [7, 11) is 2.06. The normalized spacial score (nSPS) is 10.4. The summed E-state index contributed by atoms with van der Waals surface area (Å²) in [4.78, 5) is 2.19. The van der Waals surface area contributed by atoms with Crippen LogP contribution in [0.4, 0.5) is 5.69 Å². The van der Waals surface area contributed by atoms with E-state index in [-0.39, 0.29) is 12.4 Å². The smallest absolute Gasteiger partial charge is 0.123 e. The van der Waals surface area contributed by atoms with Crippen molar-refractivity contribution >= 4 is 11.5 Å². The highest BCUT2D eigenvalue weighted by molar-refractivity contribution is 5.96. The fraction of sp³-hybridized carbons (Fsp3) is 0.500. The van der Waals surface area contributed by atoms with Gasteiger partial charge in [0, 0.05) is 31.5 Å². The van der Waals surface area contributed by atoms with Gasteiger partial charge in [0.15, 0.2) is 0 Å². The largest absolute Gasteiger partial charge is 0.396 e. The Labute approximate surface area is 109 Å². The van der Waals surface area contributed by atoms with Gasteiger partial charge < -0.3 is 15.7 Å². The van der Waals surface area contributed by atoms with E-state index in [1.807, 2.05) is 19.1 Å². The van der Waals surface area contributed by atoms with Gasteiger partial charge in [0.2, 0.25) is 0 Å². The van der Waals surface area contributed by atoms with Crippen LogP contribution in [0.15, 0.2) is 18.2 Å². The number of aryl methyl sites for hydroxylation is 1. The highest BCUT2D eigenvalue weighted by Gasteiger charge is 2.05. The molecule has 0 heterocycles. The van der Waals surface area contributed by atoms with Gasteiger partial charge in [-0.3, -0.25) is 5.41 Å². The number of rotatable bonds is 7. The lowest BCUT2D eigenvalue weighted by atomic mass is 10.1. The molecule has 0 aliphatic rings. The van der Waals surface area contributed by atoms with E-state index in [9.17, 15) is 0 Å². The number of anilines is 1. The molecule has 0 saturated carbocycles. The lowest BCUT2D eigenvalue weighted by molar-refractivity contribution is 0.283. The summed E-state index contributed by atoms with van der Waals surface area (Å²) < 4.78 is 0. The van der Waals surface area contributed by atoms with Crippen LogP contribution in [0.1, 0.15) is 30.4 Å². The molecule has 4 heteroatoms. The highest BCUT2D eigenvalue weighted by atomic mass is 16.2. The number of unbranched alkanes of at least 4 members (excludes halogenated alkanes) is 2. The Kier molecular flexibility index (Phi) is 5.65. The lowest BCUT2D eigenvalue weighted by Crippen LogP contribution is -2.19. The van der Waals surface area contributed by atoms with Crippen molar-refractivity contribution in [2.45, 2.75) is 26.2 Å². The molecule has 100 valence electrons. The first-order chi connectivity index (χ1) is 8.56. The van der Waals surface area contributed by atoms with Gasteiger partial charge in [-0.2, -0.15) is 0 Å². The fourth-order valence-electron chi connectivity index (χ4n) is 1.95. The monoisotopic (exact) mass is 249 g/mol. The molecule has 4 N–H and O–H groups in total. The van der Waals surface area contributed by atoms with E-state index in [2.05, 4.69) is 18.0 Å². The Hall–Kier alpha value is -1.55. The van der Waals surface area contributed by atoms with Crippen molar-refractivity contribution in [3.8, 4) is 0 Å². The highest BCUT2D eigenvalue weighted by Crippen LogP contribution is 2.18. The Balaban J connectivity index is 2.61. The third kappa shape index (κ3) is 4.04. The maximum atomic E-state index is 8.72. The third-order valence-corrected chi connectivity index (χ3v) is 3.09. The summed E-state index contributed by atoms with van der Waals surface area (Å²) in [5, 5.41) is 16.2. The second-order valence-electron chi connectivity index (χ2n) is 4.62. The molecule has 0 amide bonds. The first kappa shape index (κ1) is 14.5. The second-order valence-corrected chi connectivity index (χ2v) is 4.62. The molecule has 1 rings (SSSR count). The molecule has 4 nitrogen and oxygen atoms in total. The average molecular weight is 249 g/mol. The summed E-state index contributed by atoms with van der Waals surface area (Å²) in [6, 6.07) is 5.95. The summed E-state index contributed by atoms with van der Waals surface area (Å²) in [5.74, 6) is 0.115. The minimum absolute atomic E-state index is 0.115. The molecule has 0 bridgehead atoms. The van der Waals surface area contributed by atoms with Crippen LogP contribution in [0.2, 0.25) is 0 Å². The molecule has 0 spiro atoms. The zero-order chi connectivity index (χ0) is 13.5. The van der Waals surface area contributed by atoms with Gasteiger partial charge in [0.05, 0.1) is 0 Å². The first-order valence-corrected chi connectivity index (χ1v) is 6.33. The van der Waals surface area contributed by atoms with E-state index >= 15 is 0 Å². The van der Waals surface area contributed by atoms with Crippen molar-refractivity contribution in [3.63, 3.8) is 0 Å². The molecule has 0 fully saturated rings. The molecule has 0 saturated heterocycles. The Morgan fingerprint density at radius 3 is 2.61 bits per heavy atom. The Morgan fingerprint density at radius 1 is 1.33 bits per heavy atom. The van der Waals surface area contributed by atoms with E-state index in [0.29, 0.717) is 0 Å². The zero-order valence-corrected chi connectivity index (χ0v) is 11.2. The Morgan fingerprint density at radius 2 is 2.06 bits per heavy atom. The molecule has 0 aliphatic heterocycles. The number of hydrogen-bond donors (Lipinski definition) is 3. The number of amidine groups is 1. The molecular formula is C14H23N3O. The lowest BCUT2D eigenvalue weighted by Gasteiger charge is -2.20. The topological polar surface area (TPSA) is 73.3 Å². The minimum Gasteiger partial charge on any atom is -0.396 e. The van der Waals surface area contributed by atoms with Crippen molar-refractivity contribution in [3.05, 3.63) is 29.3 Å². The third-order valence-electron chi connectivity index (χ3n) is 3.09. The van der Waals surface area contributed by atoms with Gasteiger partial charge in [-0.1, -0.05) is 0 Å². The number of aliphatic hydroxyl groups is 1. The second kappa shape index (κ2) is 7.01. The minimum atomic E-state index is 0.115. The van der Waals surface area contributed by atoms with Crippen LogP contribution in [0.5, 0.6) is 0 Å². The molecule has 18 heavy (non-hydrogen) atoms. The van der Waals surface area contributed by atoms with Crippen molar-refractivity contribution in [2.24, 2.45) is 5.73 Å². The molecule has 0 radical (unpaired) electrons. The number of benzene rings is 1. The van der Waals surface area contributed by atoms with Crippen LogP contribution in [-0.4, -0.2) is 31.1 Å². The number of nitrogen functional groups attached to an aromatic ring is 1. The van der Waals surface area contributed by atoms with Gasteiger partial charge in [-0.05, 0) is 49.9 Å². The van der Waals surface area contributed by atoms with Crippen LogP contribution in [-0.2, 0) is 0 Å². The van der Waals surface area contributed by atoms with E-state index in [1.165, 1.54) is 0 Å². The molecule has 1 aromatic rings. The van der Waals surface area contributed by atoms with E-state index in [0.717, 1.165) is 42.6 Å². The van der Waals surface area contributed by atoms with Crippen molar-refractivity contribution in [1.29, 1.82) is 5.41 Å². The number of nitrogens with two attached hydrogens (primary N) is 1. The number of hydrogen-bond acceptors (Lipinski definition) is 3. The maximum Gasteiger partial charge on any atom is 0.123 e. The molecular weight excluding hydrogens is 226 g/mol. The molecule has 0 aliphatic carbocycles. The predicted molar refractivity (Wildman–Crippen MR) is 76.4 cm³/mol. The van der Waals surface area contributed by atoms with Crippen LogP contribution in [0, 0.1) is 12.3 Å². The van der Waals surface area contributed by atoms with Gasteiger partial charge in [-0.15, -0.1) is 0 Å². The number of nitrogens with zero attached hydrogens (tertiary/aromatic N) is 1.